The predicted molar refractivity (Wildman–Crippen MR) is 76.5 cm³/mol. The van der Waals surface area contributed by atoms with Crippen LogP contribution in [0.2, 0.25) is 0 Å². The standard InChI is InChI=1S/C14H18FNO3S/c1-18-14(17)12(16)4-5-20-8-11-7-9-6-10(15)2-3-13(9)19-11/h2-3,6,11-12H,4-5,7-8,16H2,1H3. The van der Waals surface area contributed by atoms with Crippen molar-refractivity contribution in [2.24, 2.45) is 5.73 Å². The van der Waals surface area contributed by atoms with Gasteiger partial charge in [-0.15, -0.1) is 0 Å². The average molecular weight is 299 g/mol. The SMILES string of the molecule is COC(=O)C(N)CCSCC1Cc2cc(F)ccc2O1. The van der Waals surface area contributed by atoms with Crippen molar-refractivity contribution in [3.8, 4) is 5.75 Å². The van der Waals surface area contributed by atoms with Crippen LogP contribution in [0.5, 0.6) is 5.75 Å². The Morgan fingerprint density at radius 2 is 2.45 bits per heavy atom. The van der Waals surface area contributed by atoms with Gasteiger partial charge in [0, 0.05) is 17.7 Å². The van der Waals surface area contributed by atoms with Crippen LogP contribution in [-0.4, -0.2) is 36.7 Å². The molecule has 1 aliphatic rings. The quantitative estimate of drug-likeness (QED) is 0.640. The van der Waals surface area contributed by atoms with Crippen molar-refractivity contribution in [2.75, 3.05) is 18.6 Å². The summed E-state index contributed by atoms with van der Waals surface area (Å²) >= 11 is 1.68. The molecule has 110 valence electrons. The molecule has 1 aromatic rings. The number of carbonyl (C=O) groups excluding carboxylic acids is 1. The Hall–Kier alpha value is -1.27. The summed E-state index contributed by atoms with van der Waals surface area (Å²) in [4.78, 5) is 11.1. The van der Waals surface area contributed by atoms with Gasteiger partial charge in [0.15, 0.2) is 0 Å². The van der Waals surface area contributed by atoms with E-state index >= 15 is 0 Å². The number of rotatable bonds is 6. The van der Waals surface area contributed by atoms with Crippen LogP contribution in [0.15, 0.2) is 18.2 Å². The molecule has 0 amide bonds. The van der Waals surface area contributed by atoms with E-state index in [1.165, 1.54) is 19.2 Å². The van der Waals surface area contributed by atoms with Gasteiger partial charge in [-0.05, 0) is 30.4 Å². The molecule has 6 heteroatoms. The molecule has 1 heterocycles. The van der Waals surface area contributed by atoms with Gasteiger partial charge in [-0.2, -0.15) is 11.8 Å². The minimum atomic E-state index is -0.566. The van der Waals surface area contributed by atoms with Crippen LogP contribution in [0, 0.1) is 5.82 Å². The van der Waals surface area contributed by atoms with Crippen LogP contribution in [0.3, 0.4) is 0 Å². The number of esters is 1. The molecule has 0 saturated heterocycles. The van der Waals surface area contributed by atoms with E-state index < -0.39 is 6.04 Å². The topological polar surface area (TPSA) is 61.5 Å². The van der Waals surface area contributed by atoms with E-state index in [4.69, 9.17) is 10.5 Å². The van der Waals surface area contributed by atoms with Gasteiger partial charge >= 0.3 is 5.97 Å². The van der Waals surface area contributed by atoms with Crippen molar-refractivity contribution in [1.29, 1.82) is 0 Å². The second kappa shape index (κ2) is 6.95. The van der Waals surface area contributed by atoms with Crippen LogP contribution in [0.25, 0.3) is 0 Å². The molecule has 0 fully saturated rings. The first-order valence-electron chi connectivity index (χ1n) is 6.46. The Labute approximate surface area is 121 Å². The summed E-state index contributed by atoms with van der Waals surface area (Å²) in [7, 11) is 1.33. The lowest BCUT2D eigenvalue weighted by atomic mass is 10.1. The minimum Gasteiger partial charge on any atom is -0.489 e. The van der Waals surface area contributed by atoms with Crippen LogP contribution < -0.4 is 10.5 Å². The molecule has 0 spiro atoms. The Morgan fingerprint density at radius 3 is 3.20 bits per heavy atom. The number of ether oxygens (including phenoxy) is 2. The Balaban J connectivity index is 1.69. The van der Waals surface area contributed by atoms with Crippen molar-refractivity contribution in [3.63, 3.8) is 0 Å². The number of carbonyl (C=O) groups is 1. The van der Waals surface area contributed by atoms with Gasteiger partial charge in [0.25, 0.3) is 0 Å². The minimum absolute atomic E-state index is 0.0613. The molecule has 0 bridgehead atoms. The van der Waals surface area contributed by atoms with Gasteiger partial charge in [0.05, 0.1) is 7.11 Å². The number of nitrogens with two attached hydrogens (primary N) is 1. The molecule has 2 atom stereocenters. The highest BCUT2D eigenvalue weighted by molar-refractivity contribution is 7.99. The van der Waals surface area contributed by atoms with E-state index in [1.54, 1.807) is 17.8 Å². The molecule has 0 radical (unpaired) electrons. The van der Waals surface area contributed by atoms with Crippen LogP contribution >= 0.6 is 11.8 Å². The molecule has 4 nitrogen and oxygen atoms in total. The van der Waals surface area contributed by atoms with Gasteiger partial charge in [-0.25, -0.2) is 4.39 Å². The van der Waals surface area contributed by atoms with E-state index in [9.17, 15) is 9.18 Å². The van der Waals surface area contributed by atoms with Crippen molar-refractivity contribution in [2.45, 2.75) is 25.0 Å². The number of thioether (sulfide) groups is 1. The summed E-state index contributed by atoms with van der Waals surface area (Å²) < 4.78 is 23.4. The largest absolute Gasteiger partial charge is 0.489 e. The lowest BCUT2D eigenvalue weighted by molar-refractivity contribution is -0.142. The highest BCUT2D eigenvalue weighted by Gasteiger charge is 2.23. The Kier molecular flexibility index (Phi) is 5.25. The summed E-state index contributed by atoms with van der Waals surface area (Å²) in [6.07, 6.45) is 1.36. The Morgan fingerprint density at radius 1 is 1.65 bits per heavy atom. The third-order valence-electron chi connectivity index (χ3n) is 3.14. The lowest BCUT2D eigenvalue weighted by Crippen LogP contribution is -2.32. The third-order valence-corrected chi connectivity index (χ3v) is 4.28. The number of hydrogen-bond acceptors (Lipinski definition) is 5. The maximum absolute atomic E-state index is 13.1. The first kappa shape index (κ1) is 15.1. The molecular formula is C14H18FNO3S. The lowest BCUT2D eigenvalue weighted by Gasteiger charge is -2.11. The number of fused-ring (bicyclic) bond motifs is 1. The second-order valence-corrected chi connectivity index (χ2v) is 5.84. The average Bonchev–Trinajstić information content (AvgIpc) is 2.84. The zero-order valence-corrected chi connectivity index (χ0v) is 12.1. The fourth-order valence-electron chi connectivity index (χ4n) is 2.08. The molecule has 20 heavy (non-hydrogen) atoms. The highest BCUT2D eigenvalue weighted by atomic mass is 32.2. The number of benzene rings is 1. The fraction of sp³-hybridized carbons (Fsp3) is 0.500. The first-order chi connectivity index (χ1) is 9.60. The third kappa shape index (κ3) is 3.86. The summed E-state index contributed by atoms with van der Waals surface area (Å²) in [5.74, 6) is 1.71. The molecule has 0 aliphatic carbocycles. The molecule has 0 aromatic heterocycles. The van der Waals surface area contributed by atoms with Crippen LogP contribution in [0.4, 0.5) is 4.39 Å². The number of hydrogen-bond donors (Lipinski definition) is 1. The van der Waals surface area contributed by atoms with Crippen LogP contribution in [0.1, 0.15) is 12.0 Å². The molecule has 2 rings (SSSR count). The van der Waals surface area contributed by atoms with Crippen LogP contribution in [-0.2, 0) is 16.0 Å². The van der Waals surface area contributed by atoms with E-state index in [1.807, 2.05) is 0 Å². The zero-order valence-electron chi connectivity index (χ0n) is 11.3. The molecule has 1 aliphatic heterocycles. The summed E-state index contributed by atoms with van der Waals surface area (Å²) in [6, 6.07) is 4.03. The van der Waals surface area contributed by atoms with Gasteiger partial charge < -0.3 is 15.2 Å². The van der Waals surface area contributed by atoms with Gasteiger partial charge in [-0.1, -0.05) is 0 Å². The molecular weight excluding hydrogens is 281 g/mol. The molecule has 2 unspecified atom stereocenters. The summed E-state index contributed by atoms with van der Waals surface area (Å²) in [5.41, 5.74) is 6.57. The van der Waals surface area contributed by atoms with Gasteiger partial charge in [0.1, 0.15) is 23.7 Å². The number of methoxy groups -OCH3 is 1. The molecule has 2 N–H and O–H groups in total. The van der Waals surface area contributed by atoms with E-state index in [0.717, 1.165) is 29.2 Å². The van der Waals surface area contributed by atoms with E-state index in [0.29, 0.717) is 6.42 Å². The number of halogens is 1. The second-order valence-electron chi connectivity index (χ2n) is 4.69. The molecule has 1 aromatic carbocycles. The zero-order chi connectivity index (χ0) is 14.5. The van der Waals surface area contributed by atoms with Crippen molar-refractivity contribution >= 4 is 17.7 Å². The highest BCUT2D eigenvalue weighted by Crippen LogP contribution is 2.30. The van der Waals surface area contributed by atoms with Gasteiger partial charge in [0.2, 0.25) is 0 Å². The first-order valence-corrected chi connectivity index (χ1v) is 7.62. The van der Waals surface area contributed by atoms with E-state index in [2.05, 4.69) is 4.74 Å². The maximum Gasteiger partial charge on any atom is 0.322 e. The van der Waals surface area contributed by atoms with Crippen molar-refractivity contribution in [3.05, 3.63) is 29.6 Å². The normalized spacial score (nSPS) is 18.2. The smallest absolute Gasteiger partial charge is 0.322 e. The maximum atomic E-state index is 13.1. The summed E-state index contributed by atoms with van der Waals surface area (Å²) in [5, 5.41) is 0. The van der Waals surface area contributed by atoms with E-state index in [-0.39, 0.29) is 17.9 Å². The van der Waals surface area contributed by atoms with Crippen molar-refractivity contribution < 1.29 is 18.7 Å². The monoisotopic (exact) mass is 299 g/mol. The Bertz CT molecular complexity index is 483. The fourth-order valence-corrected chi connectivity index (χ4v) is 3.11. The predicted octanol–water partition coefficient (Wildman–Crippen LogP) is 1.75. The molecule has 0 saturated carbocycles. The van der Waals surface area contributed by atoms with Gasteiger partial charge in [-0.3, -0.25) is 4.79 Å². The summed E-state index contributed by atoms with van der Waals surface area (Å²) in [6.45, 7) is 0. The van der Waals surface area contributed by atoms with Crippen molar-refractivity contribution in [1.82, 2.24) is 0 Å².